The van der Waals surface area contributed by atoms with Crippen LogP contribution in [0.1, 0.15) is 19.8 Å². The highest BCUT2D eigenvalue weighted by Gasteiger charge is 2.30. The van der Waals surface area contributed by atoms with Crippen LogP contribution in [0.3, 0.4) is 0 Å². The molecule has 3 heteroatoms. The molecule has 0 bridgehead atoms. The molecule has 1 nitrogen and oxygen atoms in total. The maximum absolute atomic E-state index is 6.01. The zero-order valence-corrected chi connectivity index (χ0v) is 10.4. The molecule has 1 saturated carbocycles. The van der Waals surface area contributed by atoms with Gasteiger partial charge in [0, 0.05) is 21.2 Å². The Hall–Kier alpha value is -0.180. The first-order valence-electron chi connectivity index (χ1n) is 5.34. The van der Waals surface area contributed by atoms with Gasteiger partial charge in [-0.05, 0) is 37.0 Å². The van der Waals surface area contributed by atoms with Crippen molar-refractivity contribution < 1.29 is 0 Å². The van der Waals surface area contributed by atoms with Crippen LogP contribution in [-0.2, 0) is 0 Å². The molecular formula is C12H16ClNS. The third-order valence-electron chi connectivity index (χ3n) is 3.13. The number of halogens is 1. The first-order valence-corrected chi connectivity index (χ1v) is 6.60. The fourth-order valence-electron chi connectivity index (χ4n) is 2.04. The van der Waals surface area contributed by atoms with Crippen LogP contribution in [0.25, 0.3) is 0 Å². The second kappa shape index (κ2) is 4.77. The average molecular weight is 242 g/mol. The van der Waals surface area contributed by atoms with Crippen molar-refractivity contribution in [3.63, 3.8) is 0 Å². The van der Waals surface area contributed by atoms with Gasteiger partial charge in [-0.1, -0.05) is 24.6 Å². The van der Waals surface area contributed by atoms with Crippen LogP contribution in [0.4, 0.5) is 0 Å². The summed E-state index contributed by atoms with van der Waals surface area (Å²) in [5.74, 6) is 0.606. The number of hydrogen-bond acceptors (Lipinski definition) is 2. The Kier molecular flexibility index (Phi) is 3.60. The summed E-state index contributed by atoms with van der Waals surface area (Å²) < 4.78 is 0. The zero-order chi connectivity index (χ0) is 10.8. The van der Waals surface area contributed by atoms with Gasteiger partial charge < -0.3 is 5.73 Å². The Bertz CT molecular complexity index is 342. The van der Waals surface area contributed by atoms with Gasteiger partial charge in [0.25, 0.3) is 0 Å². The first kappa shape index (κ1) is 11.3. The molecule has 1 aliphatic rings. The lowest BCUT2D eigenvalue weighted by Gasteiger charge is -2.17. The van der Waals surface area contributed by atoms with Gasteiger partial charge in [-0.15, -0.1) is 11.8 Å². The van der Waals surface area contributed by atoms with E-state index in [9.17, 15) is 0 Å². The number of hydrogen-bond donors (Lipinski definition) is 1. The van der Waals surface area contributed by atoms with E-state index in [-0.39, 0.29) is 0 Å². The largest absolute Gasteiger partial charge is 0.327 e. The molecule has 0 saturated heterocycles. The number of thioether (sulfide) groups is 1. The average Bonchev–Trinajstić information content (AvgIpc) is 2.50. The molecule has 3 atom stereocenters. The van der Waals surface area contributed by atoms with Crippen LogP contribution < -0.4 is 5.73 Å². The van der Waals surface area contributed by atoms with Crippen molar-refractivity contribution in [1.29, 1.82) is 0 Å². The lowest BCUT2D eigenvalue weighted by Crippen LogP contribution is -2.25. The lowest BCUT2D eigenvalue weighted by molar-refractivity contribution is 0.535. The lowest BCUT2D eigenvalue weighted by atomic mass is 10.1. The molecule has 0 amide bonds. The van der Waals surface area contributed by atoms with Gasteiger partial charge in [0.15, 0.2) is 0 Å². The van der Waals surface area contributed by atoms with Crippen molar-refractivity contribution >= 4 is 23.4 Å². The summed E-state index contributed by atoms with van der Waals surface area (Å²) in [5.41, 5.74) is 6.01. The second-order valence-corrected chi connectivity index (χ2v) is 5.96. The molecule has 0 radical (unpaired) electrons. The van der Waals surface area contributed by atoms with E-state index in [1.54, 1.807) is 0 Å². The molecule has 0 aromatic heterocycles. The maximum atomic E-state index is 6.01. The van der Waals surface area contributed by atoms with Crippen LogP contribution in [-0.4, -0.2) is 11.3 Å². The Morgan fingerprint density at radius 3 is 2.80 bits per heavy atom. The molecule has 2 N–H and O–H groups in total. The minimum Gasteiger partial charge on any atom is -0.327 e. The summed E-state index contributed by atoms with van der Waals surface area (Å²) in [7, 11) is 0. The molecule has 1 fully saturated rings. The van der Waals surface area contributed by atoms with E-state index in [1.807, 2.05) is 30.0 Å². The van der Waals surface area contributed by atoms with E-state index in [1.165, 1.54) is 11.3 Å². The molecule has 1 aromatic carbocycles. The Morgan fingerprint density at radius 2 is 2.20 bits per heavy atom. The van der Waals surface area contributed by atoms with Crippen molar-refractivity contribution in [3.05, 3.63) is 29.3 Å². The highest BCUT2D eigenvalue weighted by molar-refractivity contribution is 8.00. The van der Waals surface area contributed by atoms with E-state index in [0.717, 1.165) is 11.4 Å². The minimum atomic E-state index is 0.377. The monoisotopic (exact) mass is 241 g/mol. The van der Waals surface area contributed by atoms with Gasteiger partial charge in [0.05, 0.1) is 0 Å². The van der Waals surface area contributed by atoms with Gasteiger partial charge in [-0.2, -0.15) is 0 Å². The fourth-order valence-corrected chi connectivity index (χ4v) is 3.67. The highest BCUT2D eigenvalue weighted by Crippen LogP contribution is 2.38. The van der Waals surface area contributed by atoms with Crippen molar-refractivity contribution in [2.24, 2.45) is 11.7 Å². The second-order valence-electron chi connectivity index (χ2n) is 4.21. The first-order chi connectivity index (χ1) is 7.16. The predicted molar refractivity (Wildman–Crippen MR) is 67.5 cm³/mol. The van der Waals surface area contributed by atoms with Crippen LogP contribution in [0.2, 0.25) is 5.02 Å². The molecular weight excluding hydrogens is 226 g/mol. The topological polar surface area (TPSA) is 26.0 Å². The van der Waals surface area contributed by atoms with Gasteiger partial charge >= 0.3 is 0 Å². The molecule has 2 rings (SSSR count). The summed E-state index contributed by atoms with van der Waals surface area (Å²) >= 11 is 7.87. The molecule has 15 heavy (non-hydrogen) atoms. The van der Waals surface area contributed by atoms with Crippen LogP contribution in [0, 0.1) is 5.92 Å². The summed E-state index contributed by atoms with van der Waals surface area (Å²) in [5, 5.41) is 1.47. The van der Waals surface area contributed by atoms with Crippen molar-refractivity contribution in [2.45, 2.75) is 36.0 Å². The standard InChI is InChI=1S/C12H16ClNS/c1-8-11(14)5-6-12(8)15-10-4-2-3-9(13)7-10/h2-4,7-8,11-12H,5-6,14H2,1H3. The molecule has 1 aromatic rings. The van der Waals surface area contributed by atoms with E-state index in [4.69, 9.17) is 17.3 Å². The third-order valence-corrected chi connectivity index (χ3v) is 4.86. The third kappa shape index (κ3) is 2.68. The summed E-state index contributed by atoms with van der Waals surface area (Å²) in [6.07, 6.45) is 2.37. The highest BCUT2D eigenvalue weighted by atomic mass is 35.5. The smallest absolute Gasteiger partial charge is 0.0417 e. The Morgan fingerprint density at radius 1 is 1.40 bits per heavy atom. The van der Waals surface area contributed by atoms with Gasteiger partial charge in [0.2, 0.25) is 0 Å². The maximum Gasteiger partial charge on any atom is 0.0417 e. The van der Waals surface area contributed by atoms with Crippen molar-refractivity contribution in [2.75, 3.05) is 0 Å². The zero-order valence-electron chi connectivity index (χ0n) is 8.82. The predicted octanol–water partition coefficient (Wildman–Crippen LogP) is 3.56. The van der Waals surface area contributed by atoms with E-state index < -0.39 is 0 Å². The molecule has 0 heterocycles. The minimum absolute atomic E-state index is 0.377. The fraction of sp³-hybridized carbons (Fsp3) is 0.500. The van der Waals surface area contributed by atoms with E-state index in [2.05, 4.69) is 13.0 Å². The van der Waals surface area contributed by atoms with E-state index >= 15 is 0 Å². The van der Waals surface area contributed by atoms with Crippen LogP contribution >= 0.6 is 23.4 Å². The summed E-state index contributed by atoms with van der Waals surface area (Å²) in [4.78, 5) is 1.26. The van der Waals surface area contributed by atoms with E-state index in [0.29, 0.717) is 17.2 Å². The quantitative estimate of drug-likeness (QED) is 0.857. The molecule has 0 spiro atoms. The van der Waals surface area contributed by atoms with Crippen molar-refractivity contribution in [1.82, 2.24) is 0 Å². The van der Waals surface area contributed by atoms with Crippen molar-refractivity contribution in [3.8, 4) is 0 Å². The normalized spacial score (nSPS) is 30.7. The van der Waals surface area contributed by atoms with Gasteiger partial charge in [-0.25, -0.2) is 0 Å². The number of nitrogens with two attached hydrogens (primary N) is 1. The Balaban J connectivity index is 2.03. The van der Waals surface area contributed by atoms with Crippen LogP contribution in [0.5, 0.6) is 0 Å². The molecule has 0 aliphatic heterocycles. The number of benzene rings is 1. The molecule has 3 unspecified atom stereocenters. The number of rotatable bonds is 2. The molecule has 82 valence electrons. The summed E-state index contributed by atoms with van der Waals surface area (Å²) in [6.45, 7) is 2.25. The van der Waals surface area contributed by atoms with Gasteiger partial charge in [-0.3, -0.25) is 0 Å². The van der Waals surface area contributed by atoms with Gasteiger partial charge in [0.1, 0.15) is 0 Å². The molecule has 1 aliphatic carbocycles. The Labute approximate surface area is 100 Å². The SMILES string of the molecule is CC1C(N)CCC1Sc1cccc(Cl)c1. The summed E-state index contributed by atoms with van der Waals surface area (Å²) in [6, 6.07) is 8.44. The van der Waals surface area contributed by atoms with Crippen LogP contribution in [0.15, 0.2) is 29.2 Å².